The molecule has 1 heterocycles. The number of fused-ring (bicyclic) bond motifs is 1. The van der Waals surface area contributed by atoms with Crippen molar-refractivity contribution >= 4 is 5.78 Å². The van der Waals surface area contributed by atoms with Crippen molar-refractivity contribution in [1.29, 1.82) is 5.26 Å². The first-order valence-electron chi connectivity index (χ1n) is 6.70. The lowest BCUT2D eigenvalue weighted by molar-refractivity contribution is -0.171. The van der Waals surface area contributed by atoms with Gasteiger partial charge in [0.05, 0.1) is 23.2 Å². The van der Waals surface area contributed by atoms with E-state index in [2.05, 4.69) is 19.9 Å². The standard InChI is InChI=1S/C15H21NO2/c1-5-15-7-6-10(2)18-13(15)14(3,4)12(17)11(8-15)9-16/h8,10,13H,5-7H2,1-4H3/t10-,13-,15-/m0/s1. The van der Waals surface area contributed by atoms with Gasteiger partial charge in [0, 0.05) is 5.41 Å². The molecule has 0 amide bonds. The zero-order chi connectivity index (χ0) is 13.6. The van der Waals surface area contributed by atoms with Crippen molar-refractivity contribution in [3.63, 3.8) is 0 Å². The summed E-state index contributed by atoms with van der Waals surface area (Å²) in [5.41, 5.74) is -0.435. The molecule has 3 heteroatoms. The second-order valence-electron chi connectivity index (χ2n) is 6.17. The van der Waals surface area contributed by atoms with Gasteiger partial charge < -0.3 is 4.74 Å². The lowest BCUT2D eigenvalue weighted by Crippen LogP contribution is -2.56. The highest BCUT2D eigenvalue weighted by molar-refractivity contribution is 6.04. The van der Waals surface area contributed by atoms with Gasteiger partial charge in [-0.25, -0.2) is 0 Å². The average molecular weight is 247 g/mol. The predicted octanol–water partition coefficient (Wildman–Crippen LogP) is 3.01. The molecule has 0 unspecified atom stereocenters. The monoisotopic (exact) mass is 247 g/mol. The Bertz CT molecular complexity index is 444. The van der Waals surface area contributed by atoms with Crippen molar-refractivity contribution in [3.05, 3.63) is 11.6 Å². The summed E-state index contributed by atoms with van der Waals surface area (Å²) in [4.78, 5) is 12.3. The molecule has 18 heavy (non-hydrogen) atoms. The molecule has 1 saturated heterocycles. The third-order valence-corrected chi connectivity index (χ3v) is 4.60. The number of Topliss-reactive ketones (excluding diaryl/α,β-unsaturated/α-hetero) is 1. The fraction of sp³-hybridized carbons (Fsp3) is 0.733. The number of hydrogen-bond donors (Lipinski definition) is 0. The Morgan fingerprint density at radius 3 is 2.78 bits per heavy atom. The lowest BCUT2D eigenvalue weighted by atomic mass is 9.58. The van der Waals surface area contributed by atoms with E-state index < -0.39 is 5.41 Å². The first kappa shape index (κ1) is 13.3. The third kappa shape index (κ3) is 1.71. The Kier molecular flexibility index (Phi) is 3.11. The zero-order valence-electron chi connectivity index (χ0n) is 11.6. The van der Waals surface area contributed by atoms with Crippen LogP contribution in [0.15, 0.2) is 11.6 Å². The smallest absolute Gasteiger partial charge is 0.181 e. The molecule has 0 aromatic heterocycles. The van der Waals surface area contributed by atoms with Crippen LogP contribution in [0.3, 0.4) is 0 Å². The number of nitriles is 1. The summed E-state index contributed by atoms with van der Waals surface area (Å²) in [7, 11) is 0. The largest absolute Gasteiger partial charge is 0.373 e. The zero-order valence-corrected chi connectivity index (χ0v) is 11.6. The summed E-state index contributed by atoms with van der Waals surface area (Å²) in [5.74, 6) is -0.0758. The molecule has 0 aromatic rings. The maximum Gasteiger partial charge on any atom is 0.181 e. The van der Waals surface area contributed by atoms with Gasteiger partial charge in [-0.15, -0.1) is 0 Å². The van der Waals surface area contributed by atoms with Crippen molar-refractivity contribution in [3.8, 4) is 6.07 Å². The van der Waals surface area contributed by atoms with Crippen LogP contribution in [0.25, 0.3) is 0 Å². The minimum absolute atomic E-state index is 0.0758. The van der Waals surface area contributed by atoms with E-state index in [9.17, 15) is 4.79 Å². The third-order valence-electron chi connectivity index (χ3n) is 4.60. The maximum absolute atomic E-state index is 12.3. The van der Waals surface area contributed by atoms with Crippen LogP contribution in [0.1, 0.15) is 47.0 Å². The molecule has 0 spiro atoms. The lowest BCUT2D eigenvalue weighted by Gasteiger charge is -2.52. The van der Waals surface area contributed by atoms with Gasteiger partial charge in [0.1, 0.15) is 6.07 Å². The van der Waals surface area contributed by atoms with Crippen molar-refractivity contribution in [1.82, 2.24) is 0 Å². The molecular formula is C15H21NO2. The van der Waals surface area contributed by atoms with E-state index in [0.29, 0.717) is 5.57 Å². The van der Waals surface area contributed by atoms with E-state index >= 15 is 0 Å². The molecule has 1 aliphatic carbocycles. The SMILES string of the molecule is CC[C@]12C=C(C#N)C(=O)C(C)(C)[C@@H]1O[C@@H](C)CC2. The van der Waals surface area contributed by atoms with Crippen LogP contribution in [-0.2, 0) is 9.53 Å². The molecule has 0 radical (unpaired) electrons. The molecule has 98 valence electrons. The molecule has 3 atom stereocenters. The number of allylic oxidation sites excluding steroid dienone is 1. The number of hydrogen-bond acceptors (Lipinski definition) is 3. The molecule has 0 saturated carbocycles. The summed E-state index contributed by atoms with van der Waals surface area (Å²) in [5, 5.41) is 9.17. The van der Waals surface area contributed by atoms with Crippen LogP contribution < -0.4 is 0 Å². The van der Waals surface area contributed by atoms with Gasteiger partial charge in [0.25, 0.3) is 0 Å². The van der Waals surface area contributed by atoms with Crippen LogP contribution in [0.5, 0.6) is 0 Å². The number of rotatable bonds is 1. The van der Waals surface area contributed by atoms with Gasteiger partial charge in [0.15, 0.2) is 5.78 Å². The van der Waals surface area contributed by atoms with E-state index in [1.165, 1.54) is 0 Å². The molecule has 0 aromatic carbocycles. The number of carbonyl (C=O) groups excluding carboxylic acids is 1. The molecule has 2 rings (SSSR count). The Hall–Kier alpha value is -1.14. The van der Waals surface area contributed by atoms with E-state index in [1.807, 2.05) is 19.9 Å². The summed E-state index contributed by atoms with van der Waals surface area (Å²) >= 11 is 0. The normalized spacial score (nSPS) is 38.6. The Morgan fingerprint density at radius 1 is 1.56 bits per heavy atom. The Morgan fingerprint density at radius 2 is 2.22 bits per heavy atom. The average Bonchev–Trinajstić information content (AvgIpc) is 2.35. The Labute approximate surface area is 109 Å². The molecule has 2 aliphatic rings. The van der Waals surface area contributed by atoms with Gasteiger partial charge in [0.2, 0.25) is 0 Å². The predicted molar refractivity (Wildman–Crippen MR) is 68.8 cm³/mol. The van der Waals surface area contributed by atoms with Crippen molar-refractivity contribution < 1.29 is 9.53 Å². The van der Waals surface area contributed by atoms with Crippen LogP contribution in [0, 0.1) is 22.2 Å². The van der Waals surface area contributed by atoms with Crippen LogP contribution in [-0.4, -0.2) is 18.0 Å². The number of ether oxygens (including phenoxy) is 1. The molecular weight excluding hydrogens is 226 g/mol. The first-order valence-corrected chi connectivity index (χ1v) is 6.70. The topological polar surface area (TPSA) is 50.1 Å². The molecule has 0 N–H and O–H groups in total. The molecule has 1 aliphatic heterocycles. The van der Waals surface area contributed by atoms with Crippen LogP contribution in [0.4, 0.5) is 0 Å². The summed E-state index contributed by atoms with van der Waals surface area (Å²) in [6.45, 7) is 7.99. The van der Waals surface area contributed by atoms with Crippen molar-refractivity contribution in [2.75, 3.05) is 0 Å². The highest BCUT2D eigenvalue weighted by Crippen LogP contribution is 2.52. The molecule has 3 nitrogen and oxygen atoms in total. The summed E-state index contributed by atoms with van der Waals surface area (Å²) < 4.78 is 6.09. The number of carbonyl (C=O) groups is 1. The minimum atomic E-state index is -0.607. The van der Waals surface area contributed by atoms with E-state index in [4.69, 9.17) is 10.00 Å². The highest BCUT2D eigenvalue weighted by atomic mass is 16.5. The quantitative estimate of drug-likeness (QED) is 0.715. The second-order valence-corrected chi connectivity index (χ2v) is 6.17. The van der Waals surface area contributed by atoms with Crippen molar-refractivity contribution in [2.45, 2.75) is 59.2 Å². The number of nitrogens with zero attached hydrogens (tertiary/aromatic N) is 1. The van der Waals surface area contributed by atoms with Gasteiger partial charge >= 0.3 is 0 Å². The first-order chi connectivity index (χ1) is 8.37. The van der Waals surface area contributed by atoms with Gasteiger partial charge in [-0.2, -0.15) is 5.26 Å². The van der Waals surface area contributed by atoms with E-state index in [0.717, 1.165) is 19.3 Å². The highest BCUT2D eigenvalue weighted by Gasteiger charge is 2.55. The van der Waals surface area contributed by atoms with Crippen LogP contribution in [0.2, 0.25) is 0 Å². The number of ketones is 1. The minimum Gasteiger partial charge on any atom is -0.373 e. The maximum atomic E-state index is 12.3. The van der Waals surface area contributed by atoms with Crippen LogP contribution >= 0.6 is 0 Å². The molecule has 1 fully saturated rings. The van der Waals surface area contributed by atoms with Crippen molar-refractivity contribution in [2.24, 2.45) is 10.8 Å². The fourth-order valence-electron chi connectivity index (χ4n) is 3.44. The van der Waals surface area contributed by atoms with E-state index in [-0.39, 0.29) is 23.4 Å². The van der Waals surface area contributed by atoms with E-state index in [1.54, 1.807) is 0 Å². The van der Waals surface area contributed by atoms with Gasteiger partial charge in [-0.1, -0.05) is 13.0 Å². The van der Waals surface area contributed by atoms with Gasteiger partial charge in [-0.05, 0) is 40.0 Å². The Balaban J connectivity index is 2.55. The fourth-order valence-corrected chi connectivity index (χ4v) is 3.44. The van der Waals surface area contributed by atoms with Gasteiger partial charge in [-0.3, -0.25) is 4.79 Å². The summed E-state index contributed by atoms with van der Waals surface area (Å²) in [6.07, 6.45) is 4.87. The molecule has 0 bridgehead atoms. The summed E-state index contributed by atoms with van der Waals surface area (Å²) in [6, 6.07) is 2.07. The second kappa shape index (κ2) is 4.20.